The Labute approximate surface area is 183 Å². The molecule has 0 aliphatic carbocycles. The predicted octanol–water partition coefficient (Wildman–Crippen LogP) is 4.51. The molecule has 4 aromatic rings. The van der Waals surface area contributed by atoms with E-state index in [1.807, 2.05) is 6.07 Å². The number of Topliss-reactive ketones (excluding diaryl/α,β-unsaturated/α-hetero) is 1. The van der Waals surface area contributed by atoms with E-state index in [2.05, 4.69) is 10.3 Å². The normalized spacial score (nSPS) is 11.7. The van der Waals surface area contributed by atoms with E-state index < -0.39 is 29.4 Å². The highest BCUT2D eigenvalue weighted by molar-refractivity contribution is 6.04. The smallest absolute Gasteiger partial charge is 0.252 e. The Morgan fingerprint density at radius 3 is 2.44 bits per heavy atom. The highest BCUT2D eigenvalue weighted by atomic mass is 19.1. The lowest BCUT2D eigenvalue weighted by Gasteiger charge is -2.19. The minimum absolute atomic E-state index is 0.0739. The van der Waals surface area contributed by atoms with Gasteiger partial charge in [-0.3, -0.25) is 9.59 Å². The number of nitrogens with one attached hydrogen (secondary N) is 1. The molecule has 3 aromatic carbocycles. The zero-order valence-electron chi connectivity index (χ0n) is 16.9. The first-order chi connectivity index (χ1) is 15.5. The summed E-state index contributed by atoms with van der Waals surface area (Å²) in [6.45, 7) is 0.0890. The van der Waals surface area contributed by atoms with Crippen molar-refractivity contribution in [3.8, 4) is 11.1 Å². The maximum absolute atomic E-state index is 14.7. The molecule has 0 spiro atoms. The Kier molecular flexibility index (Phi) is 6.17. The van der Waals surface area contributed by atoms with Crippen LogP contribution in [-0.2, 0) is 6.54 Å². The summed E-state index contributed by atoms with van der Waals surface area (Å²) < 4.78 is 30.0. The number of carbonyl (C=O) groups excluding carboxylic acids is 2. The maximum atomic E-state index is 14.7. The molecule has 4 rings (SSSR count). The molecule has 0 radical (unpaired) electrons. The van der Waals surface area contributed by atoms with E-state index in [-0.39, 0.29) is 17.7 Å². The molecule has 0 saturated carbocycles. The number of nitrogens with zero attached hydrogens (tertiary/aromatic N) is 2. The molecule has 0 fully saturated rings. The fourth-order valence-corrected chi connectivity index (χ4v) is 3.39. The molecule has 32 heavy (non-hydrogen) atoms. The first-order valence-electron chi connectivity index (χ1n) is 9.92. The molecule has 1 N–H and O–H groups in total. The second-order valence-electron chi connectivity index (χ2n) is 7.22. The molecule has 0 bridgehead atoms. The highest BCUT2D eigenvalue weighted by Gasteiger charge is 2.24. The van der Waals surface area contributed by atoms with Crippen molar-refractivity contribution in [2.24, 2.45) is 0 Å². The van der Waals surface area contributed by atoms with Crippen molar-refractivity contribution in [2.75, 3.05) is 0 Å². The monoisotopic (exact) mass is 431 g/mol. The van der Waals surface area contributed by atoms with Gasteiger partial charge in [0.15, 0.2) is 5.78 Å². The van der Waals surface area contributed by atoms with Crippen LogP contribution in [-0.4, -0.2) is 27.3 Å². The molecule has 7 heteroatoms. The van der Waals surface area contributed by atoms with Gasteiger partial charge in [-0.05, 0) is 29.8 Å². The lowest BCUT2D eigenvalue weighted by molar-refractivity contribution is 0.0847. The first-order valence-corrected chi connectivity index (χ1v) is 9.92. The molecule has 0 saturated heterocycles. The van der Waals surface area contributed by atoms with E-state index in [4.69, 9.17) is 0 Å². The summed E-state index contributed by atoms with van der Waals surface area (Å²) in [5.74, 6) is -2.18. The van der Waals surface area contributed by atoms with Crippen molar-refractivity contribution in [3.05, 3.63) is 114 Å². The zero-order valence-corrected chi connectivity index (χ0v) is 16.9. The summed E-state index contributed by atoms with van der Waals surface area (Å²) in [5, 5.41) is 2.65. The van der Waals surface area contributed by atoms with Crippen molar-refractivity contribution in [1.82, 2.24) is 14.9 Å². The lowest BCUT2D eigenvalue weighted by atomic mass is 10.0. The summed E-state index contributed by atoms with van der Waals surface area (Å²) in [6, 6.07) is 17.4. The molecule has 5 nitrogen and oxygen atoms in total. The Balaban J connectivity index is 1.58. The second-order valence-corrected chi connectivity index (χ2v) is 7.22. The largest absolute Gasteiger partial charge is 0.340 e. The van der Waals surface area contributed by atoms with Crippen molar-refractivity contribution in [3.63, 3.8) is 0 Å². The first kappa shape index (κ1) is 21.1. The molecule has 0 aliphatic rings. The van der Waals surface area contributed by atoms with Crippen LogP contribution in [0.15, 0.2) is 91.5 Å². The van der Waals surface area contributed by atoms with Gasteiger partial charge in [-0.1, -0.05) is 48.5 Å². The maximum Gasteiger partial charge on any atom is 0.252 e. The van der Waals surface area contributed by atoms with Gasteiger partial charge >= 0.3 is 0 Å². The molecule has 160 valence electrons. The fraction of sp³-hybridized carbons (Fsp3) is 0.0800. The van der Waals surface area contributed by atoms with Crippen LogP contribution in [0.4, 0.5) is 8.78 Å². The Morgan fingerprint density at radius 2 is 1.75 bits per heavy atom. The second kappa shape index (κ2) is 9.34. The third kappa shape index (κ3) is 4.78. The summed E-state index contributed by atoms with van der Waals surface area (Å²) in [7, 11) is 0. The van der Waals surface area contributed by atoms with Crippen LogP contribution in [0.2, 0.25) is 0 Å². The molecule has 1 heterocycles. The van der Waals surface area contributed by atoms with Crippen LogP contribution in [0.25, 0.3) is 11.1 Å². The van der Waals surface area contributed by atoms with E-state index in [0.29, 0.717) is 11.1 Å². The van der Waals surface area contributed by atoms with Crippen LogP contribution in [0, 0.1) is 11.6 Å². The van der Waals surface area contributed by atoms with E-state index in [1.165, 1.54) is 36.7 Å². The van der Waals surface area contributed by atoms with Crippen molar-refractivity contribution < 1.29 is 18.4 Å². The minimum Gasteiger partial charge on any atom is -0.340 e. The zero-order chi connectivity index (χ0) is 22.5. The Hall–Kier alpha value is -4.13. The summed E-state index contributed by atoms with van der Waals surface area (Å²) in [4.78, 5) is 29.8. The van der Waals surface area contributed by atoms with E-state index >= 15 is 0 Å². The lowest BCUT2D eigenvalue weighted by Crippen LogP contribution is -2.43. The topological polar surface area (TPSA) is 64.0 Å². The average molecular weight is 431 g/mol. The molecule has 1 aromatic heterocycles. The number of aromatic nitrogens is 2. The molecular formula is C25H19F2N3O2. The number of hydrogen-bond acceptors (Lipinski definition) is 3. The molecule has 1 amide bonds. The van der Waals surface area contributed by atoms with Crippen LogP contribution in [0.1, 0.15) is 20.7 Å². The van der Waals surface area contributed by atoms with E-state index in [0.717, 1.165) is 12.1 Å². The summed E-state index contributed by atoms with van der Waals surface area (Å²) in [5.41, 5.74) is 1.26. The number of amides is 1. The quantitative estimate of drug-likeness (QED) is 0.438. The van der Waals surface area contributed by atoms with Crippen molar-refractivity contribution in [1.29, 1.82) is 0 Å². The van der Waals surface area contributed by atoms with Gasteiger partial charge < -0.3 is 9.88 Å². The van der Waals surface area contributed by atoms with Gasteiger partial charge in [-0.15, -0.1) is 0 Å². The van der Waals surface area contributed by atoms with Gasteiger partial charge in [-0.25, -0.2) is 13.8 Å². The van der Waals surface area contributed by atoms with Gasteiger partial charge in [0.25, 0.3) is 5.91 Å². The third-order valence-electron chi connectivity index (χ3n) is 5.00. The van der Waals surface area contributed by atoms with Crippen molar-refractivity contribution >= 4 is 11.7 Å². The average Bonchev–Trinajstić information content (AvgIpc) is 3.32. The SMILES string of the molecule is O=C(NC(Cn1ccnc1)C(=O)c1cccc(F)c1)c1ccc(-c2ccccc2)c(F)c1. The van der Waals surface area contributed by atoms with Gasteiger partial charge in [-0.2, -0.15) is 0 Å². The Morgan fingerprint density at radius 1 is 0.938 bits per heavy atom. The van der Waals surface area contributed by atoms with Gasteiger partial charge in [0.1, 0.15) is 17.7 Å². The van der Waals surface area contributed by atoms with E-state index in [9.17, 15) is 18.4 Å². The number of halogens is 2. The number of ketones is 1. The standard InChI is InChI=1S/C25H19F2N3O2/c26-20-8-4-7-18(13-20)24(31)23(15-30-12-11-28-16-30)29-25(32)19-9-10-21(22(27)14-19)17-5-2-1-3-6-17/h1-14,16,23H,15H2,(H,29,32). The van der Waals surface area contributed by atoms with Gasteiger partial charge in [0.05, 0.1) is 12.9 Å². The molecule has 1 unspecified atom stereocenters. The summed E-state index contributed by atoms with van der Waals surface area (Å²) >= 11 is 0. The number of hydrogen-bond donors (Lipinski definition) is 1. The fourth-order valence-electron chi connectivity index (χ4n) is 3.39. The highest BCUT2D eigenvalue weighted by Crippen LogP contribution is 2.23. The number of imidazole rings is 1. The molecule has 0 aliphatic heterocycles. The van der Waals surface area contributed by atoms with Crippen LogP contribution in [0.3, 0.4) is 0 Å². The van der Waals surface area contributed by atoms with E-state index in [1.54, 1.807) is 41.2 Å². The van der Waals surface area contributed by atoms with Crippen LogP contribution >= 0.6 is 0 Å². The molecule has 1 atom stereocenters. The van der Waals surface area contributed by atoms with Gasteiger partial charge in [0, 0.05) is 29.1 Å². The minimum atomic E-state index is -1.00. The number of benzene rings is 3. The number of carbonyl (C=O) groups is 2. The van der Waals surface area contributed by atoms with Crippen molar-refractivity contribution in [2.45, 2.75) is 12.6 Å². The van der Waals surface area contributed by atoms with Crippen LogP contribution < -0.4 is 5.32 Å². The number of rotatable bonds is 7. The Bertz CT molecular complexity index is 1240. The van der Waals surface area contributed by atoms with Gasteiger partial charge in [0.2, 0.25) is 0 Å². The summed E-state index contributed by atoms with van der Waals surface area (Å²) in [6.07, 6.45) is 4.70. The predicted molar refractivity (Wildman–Crippen MR) is 116 cm³/mol. The molecular weight excluding hydrogens is 412 g/mol. The third-order valence-corrected chi connectivity index (χ3v) is 5.00. The van der Waals surface area contributed by atoms with Crippen LogP contribution in [0.5, 0.6) is 0 Å².